The number of aromatic nitrogens is 2. The summed E-state index contributed by atoms with van der Waals surface area (Å²) in [7, 11) is 0. The van der Waals surface area contributed by atoms with Crippen molar-refractivity contribution in [2.24, 2.45) is 0 Å². The van der Waals surface area contributed by atoms with Crippen molar-refractivity contribution in [1.82, 2.24) is 9.38 Å². The zero-order valence-corrected chi connectivity index (χ0v) is 16.6. The number of ether oxygens (including phenoxy) is 1. The molecule has 0 bridgehead atoms. The summed E-state index contributed by atoms with van der Waals surface area (Å²) in [6.07, 6.45) is 3.62. The second-order valence-electron chi connectivity index (χ2n) is 6.01. The number of carbonyl (C=O) groups is 2. The van der Waals surface area contributed by atoms with Crippen molar-refractivity contribution >= 4 is 51.5 Å². The van der Waals surface area contributed by atoms with Gasteiger partial charge in [-0.3, -0.25) is 9.20 Å². The average molecular weight is 404 g/mol. The largest absolute Gasteiger partial charge is 0.449 e. The van der Waals surface area contributed by atoms with Gasteiger partial charge in [-0.15, -0.1) is 11.3 Å². The molecular weight excluding hydrogens is 386 g/mol. The number of nitrogens with zero attached hydrogens (tertiary/aromatic N) is 2. The van der Waals surface area contributed by atoms with Gasteiger partial charge in [0.2, 0.25) is 0 Å². The van der Waals surface area contributed by atoms with E-state index in [0.717, 1.165) is 21.8 Å². The molecule has 0 aliphatic carbocycles. The first-order chi connectivity index (χ1) is 12.9. The number of nitrogens with one attached hydrogen (secondary N) is 1. The molecule has 1 N–H and O–H groups in total. The number of imidazole rings is 1. The number of aryl methyl sites for hydroxylation is 2. The maximum atomic E-state index is 12.3. The SMILES string of the molecule is Cc1cccc(C)c1NC(=O)C(C)OC(=O)/C=C/c1c(Cl)nc2sccn12. The van der Waals surface area contributed by atoms with E-state index in [1.807, 2.05) is 43.6 Å². The summed E-state index contributed by atoms with van der Waals surface area (Å²) in [6.45, 7) is 5.34. The van der Waals surface area contributed by atoms with E-state index in [2.05, 4.69) is 10.3 Å². The van der Waals surface area contributed by atoms with Crippen molar-refractivity contribution in [2.45, 2.75) is 26.9 Å². The summed E-state index contributed by atoms with van der Waals surface area (Å²) in [5, 5.41) is 4.98. The molecule has 1 amide bonds. The monoisotopic (exact) mass is 403 g/mol. The van der Waals surface area contributed by atoms with Crippen LogP contribution in [-0.4, -0.2) is 27.4 Å². The van der Waals surface area contributed by atoms with Crippen molar-refractivity contribution in [3.63, 3.8) is 0 Å². The van der Waals surface area contributed by atoms with Crippen LogP contribution in [0.15, 0.2) is 35.9 Å². The van der Waals surface area contributed by atoms with Gasteiger partial charge in [0, 0.05) is 23.3 Å². The smallest absolute Gasteiger partial charge is 0.331 e. The van der Waals surface area contributed by atoms with Crippen molar-refractivity contribution in [1.29, 1.82) is 0 Å². The van der Waals surface area contributed by atoms with E-state index in [4.69, 9.17) is 16.3 Å². The minimum absolute atomic E-state index is 0.298. The third-order valence-corrected chi connectivity index (χ3v) is 5.06. The molecule has 0 aliphatic heterocycles. The Hall–Kier alpha value is -2.64. The predicted octanol–water partition coefficient (Wildman–Crippen LogP) is 4.25. The zero-order chi connectivity index (χ0) is 19.6. The fourth-order valence-electron chi connectivity index (χ4n) is 2.58. The first kappa shape index (κ1) is 19.1. The number of amides is 1. The number of thiazole rings is 1. The summed E-state index contributed by atoms with van der Waals surface area (Å²) in [5.41, 5.74) is 3.19. The van der Waals surface area contributed by atoms with E-state index < -0.39 is 18.0 Å². The molecule has 27 heavy (non-hydrogen) atoms. The van der Waals surface area contributed by atoms with Crippen molar-refractivity contribution in [2.75, 3.05) is 5.32 Å². The highest BCUT2D eigenvalue weighted by Crippen LogP contribution is 2.22. The van der Waals surface area contributed by atoms with Gasteiger partial charge in [-0.1, -0.05) is 29.8 Å². The number of carbonyl (C=O) groups excluding carboxylic acids is 2. The maximum absolute atomic E-state index is 12.3. The van der Waals surface area contributed by atoms with E-state index >= 15 is 0 Å². The molecular formula is C19H18ClN3O3S. The Bertz CT molecular complexity index is 1020. The molecule has 1 aromatic carbocycles. The van der Waals surface area contributed by atoms with Crippen LogP contribution < -0.4 is 5.32 Å². The molecule has 0 spiro atoms. The van der Waals surface area contributed by atoms with Crippen LogP contribution in [0.3, 0.4) is 0 Å². The Balaban J connectivity index is 1.64. The molecule has 2 heterocycles. The topological polar surface area (TPSA) is 72.7 Å². The first-order valence-corrected chi connectivity index (χ1v) is 9.49. The van der Waals surface area contributed by atoms with Gasteiger partial charge in [0.25, 0.3) is 5.91 Å². The molecule has 6 nitrogen and oxygen atoms in total. The molecule has 0 saturated heterocycles. The van der Waals surface area contributed by atoms with Crippen LogP contribution in [0.1, 0.15) is 23.7 Å². The fourth-order valence-corrected chi connectivity index (χ4v) is 3.58. The lowest BCUT2D eigenvalue weighted by molar-refractivity contribution is -0.148. The fraction of sp³-hybridized carbons (Fsp3) is 0.211. The van der Waals surface area contributed by atoms with E-state index in [0.29, 0.717) is 10.8 Å². The summed E-state index contributed by atoms with van der Waals surface area (Å²) < 4.78 is 6.96. The van der Waals surface area contributed by atoms with Crippen LogP contribution in [0.5, 0.6) is 0 Å². The first-order valence-electron chi connectivity index (χ1n) is 8.23. The van der Waals surface area contributed by atoms with Crippen LogP contribution in [-0.2, 0) is 14.3 Å². The number of hydrogen-bond acceptors (Lipinski definition) is 5. The Kier molecular flexibility index (Phi) is 5.62. The lowest BCUT2D eigenvalue weighted by Crippen LogP contribution is -2.30. The van der Waals surface area contributed by atoms with Gasteiger partial charge in [0.15, 0.2) is 16.2 Å². The normalized spacial score (nSPS) is 12.4. The van der Waals surface area contributed by atoms with E-state index in [1.54, 1.807) is 4.40 Å². The number of fused-ring (bicyclic) bond motifs is 1. The van der Waals surface area contributed by atoms with E-state index in [9.17, 15) is 9.59 Å². The Morgan fingerprint density at radius 3 is 2.74 bits per heavy atom. The molecule has 140 valence electrons. The van der Waals surface area contributed by atoms with Gasteiger partial charge >= 0.3 is 5.97 Å². The highest BCUT2D eigenvalue weighted by atomic mass is 35.5. The molecule has 3 aromatic rings. The molecule has 0 saturated carbocycles. The van der Waals surface area contributed by atoms with Crippen LogP contribution >= 0.6 is 22.9 Å². The van der Waals surface area contributed by atoms with Gasteiger partial charge in [-0.05, 0) is 38.0 Å². The molecule has 1 unspecified atom stereocenters. The van der Waals surface area contributed by atoms with E-state index in [1.165, 1.54) is 30.4 Å². The lowest BCUT2D eigenvalue weighted by Gasteiger charge is -2.15. The number of anilines is 1. The standard InChI is InChI=1S/C19H18ClN3O3S/c1-11-5-4-6-12(2)16(11)21-18(25)13(3)26-15(24)8-7-14-17(20)22-19-23(14)9-10-27-19/h4-10,13H,1-3H3,(H,21,25)/b8-7+. The number of hydrogen-bond donors (Lipinski definition) is 1. The van der Waals surface area contributed by atoms with Crippen molar-refractivity contribution in [3.8, 4) is 0 Å². The minimum Gasteiger partial charge on any atom is -0.449 e. The number of esters is 1. The molecule has 0 fully saturated rings. The average Bonchev–Trinajstić information content (AvgIpc) is 3.17. The van der Waals surface area contributed by atoms with Crippen LogP contribution in [0.2, 0.25) is 5.15 Å². The number of rotatable bonds is 5. The summed E-state index contributed by atoms with van der Waals surface area (Å²) in [5.74, 6) is -1.03. The summed E-state index contributed by atoms with van der Waals surface area (Å²) >= 11 is 7.51. The number of para-hydroxylation sites is 1. The minimum atomic E-state index is -0.941. The second kappa shape index (κ2) is 7.94. The molecule has 0 radical (unpaired) electrons. The number of benzene rings is 1. The third kappa shape index (κ3) is 4.20. The maximum Gasteiger partial charge on any atom is 0.331 e. The number of halogens is 1. The van der Waals surface area contributed by atoms with Crippen LogP contribution in [0, 0.1) is 13.8 Å². The highest BCUT2D eigenvalue weighted by molar-refractivity contribution is 7.15. The predicted molar refractivity (Wildman–Crippen MR) is 107 cm³/mol. The second-order valence-corrected chi connectivity index (χ2v) is 7.24. The van der Waals surface area contributed by atoms with Gasteiger partial charge < -0.3 is 10.1 Å². The third-order valence-electron chi connectivity index (χ3n) is 4.02. The van der Waals surface area contributed by atoms with Gasteiger partial charge in [0.05, 0.1) is 5.69 Å². The van der Waals surface area contributed by atoms with Crippen LogP contribution in [0.25, 0.3) is 11.0 Å². The Labute approximate surface area is 165 Å². The molecule has 2 aromatic heterocycles. The molecule has 0 aliphatic rings. The van der Waals surface area contributed by atoms with Crippen molar-refractivity contribution in [3.05, 3.63) is 57.8 Å². The van der Waals surface area contributed by atoms with Crippen molar-refractivity contribution < 1.29 is 14.3 Å². The highest BCUT2D eigenvalue weighted by Gasteiger charge is 2.18. The lowest BCUT2D eigenvalue weighted by atomic mass is 10.1. The van der Waals surface area contributed by atoms with Gasteiger partial charge in [-0.25, -0.2) is 9.78 Å². The van der Waals surface area contributed by atoms with E-state index in [-0.39, 0.29) is 0 Å². The Morgan fingerprint density at radius 1 is 1.33 bits per heavy atom. The zero-order valence-electron chi connectivity index (χ0n) is 15.0. The Morgan fingerprint density at radius 2 is 2.04 bits per heavy atom. The quantitative estimate of drug-likeness (QED) is 0.510. The van der Waals surface area contributed by atoms with Crippen LogP contribution in [0.4, 0.5) is 5.69 Å². The van der Waals surface area contributed by atoms with Gasteiger partial charge in [0.1, 0.15) is 0 Å². The summed E-state index contributed by atoms with van der Waals surface area (Å²) in [4.78, 5) is 29.3. The molecule has 8 heteroatoms. The molecule has 3 rings (SSSR count). The summed E-state index contributed by atoms with van der Waals surface area (Å²) in [6, 6.07) is 5.73. The van der Waals surface area contributed by atoms with Gasteiger partial charge in [-0.2, -0.15) is 0 Å². The molecule has 1 atom stereocenters.